The quantitative estimate of drug-likeness (QED) is 0.733. The van der Waals surface area contributed by atoms with Gasteiger partial charge in [-0.3, -0.25) is 0 Å². The number of aryl methyl sites for hydroxylation is 1. The first kappa shape index (κ1) is 13.1. The monoisotopic (exact) mass is 253 g/mol. The first-order chi connectivity index (χ1) is 9.34. The molecule has 3 rings (SSSR count). The topological polar surface area (TPSA) is 29.3 Å². The molecule has 19 heavy (non-hydrogen) atoms. The van der Waals surface area contributed by atoms with Gasteiger partial charge in [0.15, 0.2) is 5.65 Å². The predicted octanol–water partition coefficient (Wildman–Crippen LogP) is 4.41. The molecule has 3 aromatic rings. The molecule has 1 N–H and O–H groups in total. The number of anilines is 2. The highest BCUT2D eigenvalue weighted by atomic mass is 15.0. The summed E-state index contributed by atoms with van der Waals surface area (Å²) in [6.07, 6.45) is 3.90. The van der Waals surface area contributed by atoms with Crippen molar-refractivity contribution in [1.29, 1.82) is 0 Å². The SMILES string of the molecule is CC.Cc1cnc2c(Nc3ccccc3)cccn12. The van der Waals surface area contributed by atoms with Crippen LogP contribution in [0, 0.1) is 6.92 Å². The van der Waals surface area contributed by atoms with Crippen molar-refractivity contribution < 1.29 is 0 Å². The molecule has 3 heteroatoms. The summed E-state index contributed by atoms with van der Waals surface area (Å²) in [6, 6.07) is 14.2. The van der Waals surface area contributed by atoms with Gasteiger partial charge in [-0.15, -0.1) is 0 Å². The minimum atomic E-state index is 0.953. The van der Waals surface area contributed by atoms with Crippen LogP contribution < -0.4 is 5.32 Å². The molecule has 0 aliphatic rings. The van der Waals surface area contributed by atoms with Gasteiger partial charge in [0.25, 0.3) is 0 Å². The second-order valence-electron chi connectivity index (χ2n) is 4.01. The highest BCUT2D eigenvalue weighted by Gasteiger charge is 2.04. The fraction of sp³-hybridized carbons (Fsp3) is 0.188. The van der Waals surface area contributed by atoms with Gasteiger partial charge in [0.2, 0.25) is 0 Å². The molecule has 0 saturated heterocycles. The summed E-state index contributed by atoms with van der Waals surface area (Å²) in [6.45, 7) is 6.05. The largest absolute Gasteiger partial charge is 0.352 e. The van der Waals surface area contributed by atoms with Gasteiger partial charge < -0.3 is 9.72 Å². The molecule has 0 aliphatic heterocycles. The zero-order chi connectivity index (χ0) is 13.7. The van der Waals surface area contributed by atoms with Crippen LogP contribution in [0.5, 0.6) is 0 Å². The van der Waals surface area contributed by atoms with E-state index in [4.69, 9.17) is 0 Å². The first-order valence-corrected chi connectivity index (χ1v) is 6.59. The number of nitrogens with zero attached hydrogens (tertiary/aromatic N) is 2. The Hall–Kier alpha value is -2.29. The number of imidazole rings is 1. The smallest absolute Gasteiger partial charge is 0.160 e. The highest BCUT2D eigenvalue weighted by molar-refractivity contribution is 5.73. The van der Waals surface area contributed by atoms with Crippen LogP contribution in [-0.4, -0.2) is 9.38 Å². The maximum atomic E-state index is 4.41. The Morgan fingerprint density at radius 1 is 1.00 bits per heavy atom. The van der Waals surface area contributed by atoms with Crippen molar-refractivity contribution >= 4 is 17.0 Å². The van der Waals surface area contributed by atoms with E-state index in [1.165, 1.54) is 0 Å². The second kappa shape index (κ2) is 6.05. The molecule has 0 unspecified atom stereocenters. The number of rotatable bonds is 2. The van der Waals surface area contributed by atoms with Crippen molar-refractivity contribution in [2.75, 3.05) is 5.32 Å². The number of para-hydroxylation sites is 1. The van der Waals surface area contributed by atoms with E-state index in [1.54, 1.807) is 0 Å². The first-order valence-electron chi connectivity index (χ1n) is 6.59. The third-order valence-electron chi connectivity index (χ3n) is 2.77. The van der Waals surface area contributed by atoms with E-state index in [9.17, 15) is 0 Å². The summed E-state index contributed by atoms with van der Waals surface area (Å²) in [5.41, 5.74) is 4.18. The van der Waals surface area contributed by atoms with Crippen LogP contribution in [0.1, 0.15) is 19.5 Å². The maximum Gasteiger partial charge on any atom is 0.160 e. The molecule has 1 aromatic carbocycles. The fourth-order valence-corrected chi connectivity index (χ4v) is 1.91. The van der Waals surface area contributed by atoms with Crippen LogP contribution in [0.4, 0.5) is 11.4 Å². The number of aromatic nitrogens is 2. The third kappa shape index (κ3) is 2.76. The molecule has 0 aliphatic carbocycles. The number of hydrogen-bond donors (Lipinski definition) is 1. The van der Waals surface area contributed by atoms with E-state index in [2.05, 4.69) is 14.7 Å². The van der Waals surface area contributed by atoms with Crippen LogP contribution in [0.25, 0.3) is 5.65 Å². The summed E-state index contributed by atoms with van der Waals surface area (Å²) >= 11 is 0. The lowest BCUT2D eigenvalue weighted by molar-refractivity contribution is 1.11. The number of hydrogen-bond acceptors (Lipinski definition) is 2. The average Bonchev–Trinajstić information content (AvgIpc) is 2.85. The highest BCUT2D eigenvalue weighted by Crippen LogP contribution is 2.21. The van der Waals surface area contributed by atoms with Gasteiger partial charge in [-0.2, -0.15) is 0 Å². The molecule has 0 radical (unpaired) electrons. The normalized spacial score (nSPS) is 9.84. The molecule has 3 nitrogen and oxygen atoms in total. The number of pyridine rings is 1. The van der Waals surface area contributed by atoms with Gasteiger partial charge in [0.05, 0.1) is 5.69 Å². The van der Waals surface area contributed by atoms with Crippen LogP contribution >= 0.6 is 0 Å². The van der Waals surface area contributed by atoms with E-state index in [0.29, 0.717) is 0 Å². The maximum absolute atomic E-state index is 4.41. The number of fused-ring (bicyclic) bond motifs is 1. The Kier molecular flexibility index (Phi) is 4.18. The summed E-state index contributed by atoms with van der Waals surface area (Å²) in [5, 5.41) is 3.38. The molecule has 0 atom stereocenters. The minimum Gasteiger partial charge on any atom is -0.352 e. The van der Waals surface area contributed by atoms with Gasteiger partial charge in [-0.25, -0.2) is 4.98 Å². The van der Waals surface area contributed by atoms with E-state index in [1.807, 2.05) is 75.6 Å². The summed E-state index contributed by atoms with van der Waals surface area (Å²) in [5.74, 6) is 0. The van der Waals surface area contributed by atoms with Crippen molar-refractivity contribution in [3.05, 3.63) is 60.6 Å². The number of nitrogens with one attached hydrogen (secondary N) is 1. The van der Waals surface area contributed by atoms with Crippen molar-refractivity contribution in [2.45, 2.75) is 20.8 Å². The summed E-state index contributed by atoms with van der Waals surface area (Å²) in [4.78, 5) is 4.41. The molecule has 0 saturated carbocycles. The zero-order valence-electron chi connectivity index (χ0n) is 11.6. The van der Waals surface area contributed by atoms with Gasteiger partial charge in [-0.1, -0.05) is 32.0 Å². The van der Waals surface area contributed by atoms with E-state index < -0.39 is 0 Å². The molecule has 0 bridgehead atoms. The van der Waals surface area contributed by atoms with Crippen LogP contribution in [0.15, 0.2) is 54.9 Å². The van der Waals surface area contributed by atoms with E-state index in [-0.39, 0.29) is 0 Å². The average molecular weight is 253 g/mol. The lowest BCUT2D eigenvalue weighted by Crippen LogP contribution is -1.95. The molecule has 0 spiro atoms. The molecular formula is C16H19N3. The molecule has 98 valence electrons. The lowest BCUT2D eigenvalue weighted by atomic mass is 10.3. The van der Waals surface area contributed by atoms with Gasteiger partial charge in [0.1, 0.15) is 0 Å². The minimum absolute atomic E-state index is 0.953. The van der Waals surface area contributed by atoms with Gasteiger partial charge >= 0.3 is 0 Å². The Bertz CT molecular complexity index is 641. The fourth-order valence-electron chi connectivity index (χ4n) is 1.91. The van der Waals surface area contributed by atoms with E-state index in [0.717, 1.165) is 22.7 Å². The Labute approximate surface area is 113 Å². The van der Waals surface area contributed by atoms with E-state index >= 15 is 0 Å². The molecule has 0 amide bonds. The lowest BCUT2D eigenvalue weighted by Gasteiger charge is -2.07. The van der Waals surface area contributed by atoms with Gasteiger partial charge in [0, 0.05) is 23.8 Å². The Balaban J connectivity index is 0.000000637. The van der Waals surface area contributed by atoms with Crippen LogP contribution in [0.3, 0.4) is 0 Å². The summed E-state index contributed by atoms with van der Waals surface area (Å²) in [7, 11) is 0. The standard InChI is InChI=1S/C14H13N3.C2H6/c1-11-10-15-14-13(8-5-9-17(11)14)16-12-6-3-2-4-7-12;1-2/h2-10,16H,1H3;1-2H3. The van der Waals surface area contributed by atoms with Crippen molar-refractivity contribution in [1.82, 2.24) is 9.38 Å². The third-order valence-corrected chi connectivity index (χ3v) is 2.77. The van der Waals surface area contributed by atoms with Crippen LogP contribution in [-0.2, 0) is 0 Å². The molecule has 0 fully saturated rings. The van der Waals surface area contributed by atoms with Crippen LogP contribution in [0.2, 0.25) is 0 Å². The predicted molar refractivity (Wildman–Crippen MR) is 81.0 cm³/mol. The molecule has 2 aromatic heterocycles. The molecule has 2 heterocycles. The van der Waals surface area contributed by atoms with Gasteiger partial charge in [-0.05, 0) is 31.2 Å². The summed E-state index contributed by atoms with van der Waals surface area (Å²) < 4.78 is 2.07. The molecular weight excluding hydrogens is 234 g/mol. The zero-order valence-corrected chi connectivity index (χ0v) is 11.6. The van der Waals surface area contributed by atoms with Crippen molar-refractivity contribution in [3.8, 4) is 0 Å². The van der Waals surface area contributed by atoms with Crippen molar-refractivity contribution in [3.63, 3.8) is 0 Å². The second-order valence-corrected chi connectivity index (χ2v) is 4.01. The van der Waals surface area contributed by atoms with Crippen molar-refractivity contribution in [2.24, 2.45) is 0 Å². The Morgan fingerprint density at radius 2 is 1.74 bits per heavy atom. The Morgan fingerprint density at radius 3 is 2.47 bits per heavy atom. The number of benzene rings is 1.